The number of fused-ring (bicyclic) bond motifs is 1. The van der Waals surface area contributed by atoms with E-state index in [1.54, 1.807) is 22.7 Å². The van der Waals surface area contributed by atoms with Crippen LogP contribution in [0.1, 0.15) is 11.4 Å². The number of aromatic nitrogens is 4. The molecule has 1 N–H and O–H groups in total. The van der Waals surface area contributed by atoms with E-state index in [1.165, 1.54) is 35.6 Å². The number of rotatable bonds is 5. The molecule has 0 saturated heterocycles. The van der Waals surface area contributed by atoms with E-state index in [9.17, 15) is 14.9 Å². The average Bonchev–Trinajstić information content (AvgIpc) is 3.29. The highest BCUT2D eigenvalue weighted by atomic mass is 32.1. The third kappa shape index (κ3) is 4.01. The van der Waals surface area contributed by atoms with E-state index in [0.29, 0.717) is 22.0 Å². The Balaban J connectivity index is 1.49. The van der Waals surface area contributed by atoms with Crippen LogP contribution in [0.25, 0.3) is 21.6 Å². The van der Waals surface area contributed by atoms with Crippen LogP contribution in [0.3, 0.4) is 0 Å². The standard InChI is InChI=1S/C19H14N6O3S/c1-12-21-22-19-24(12)23-18(29-19)14-5-3-6-15(11-14)20-17(26)9-8-13-4-2-7-16(10-13)25(27)28/h2-11H,1H3,(H,20,26). The van der Waals surface area contributed by atoms with Gasteiger partial charge in [-0.05, 0) is 30.7 Å². The van der Waals surface area contributed by atoms with Crippen LogP contribution in [0, 0.1) is 17.0 Å². The van der Waals surface area contributed by atoms with Crippen molar-refractivity contribution in [2.24, 2.45) is 0 Å². The number of anilines is 1. The summed E-state index contributed by atoms with van der Waals surface area (Å²) in [6, 6.07) is 13.4. The fourth-order valence-corrected chi connectivity index (χ4v) is 3.54. The molecule has 29 heavy (non-hydrogen) atoms. The van der Waals surface area contributed by atoms with Crippen molar-refractivity contribution < 1.29 is 9.72 Å². The summed E-state index contributed by atoms with van der Waals surface area (Å²) in [5, 5.41) is 26.9. The minimum absolute atomic E-state index is 0.0273. The second kappa shape index (κ2) is 7.60. The van der Waals surface area contributed by atoms with Gasteiger partial charge in [-0.25, -0.2) is 0 Å². The van der Waals surface area contributed by atoms with Crippen molar-refractivity contribution in [1.82, 2.24) is 19.8 Å². The molecule has 10 heteroatoms. The largest absolute Gasteiger partial charge is 0.322 e. The quantitative estimate of drug-likeness (QED) is 0.307. The Morgan fingerprint density at radius 2 is 2.03 bits per heavy atom. The summed E-state index contributed by atoms with van der Waals surface area (Å²) in [7, 11) is 0. The molecule has 0 saturated carbocycles. The van der Waals surface area contributed by atoms with Crippen LogP contribution in [0.5, 0.6) is 0 Å². The number of carbonyl (C=O) groups is 1. The van der Waals surface area contributed by atoms with Crippen LogP contribution in [0.4, 0.5) is 11.4 Å². The van der Waals surface area contributed by atoms with E-state index in [0.717, 1.165) is 10.6 Å². The Kier molecular flexibility index (Phi) is 4.83. The molecule has 0 fully saturated rings. The van der Waals surface area contributed by atoms with Gasteiger partial charge in [-0.3, -0.25) is 14.9 Å². The predicted molar refractivity (Wildman–Crippen MR) is 110 cm³/mol. The Morgan fingerprint density at radius 3 is 2.83 bits per heavy atom. The molecular formula is C19H14N6O3S. The molecule has 0 bridgehead atoms. The van der Waals surface area contributed by atoms with Gasteiger partial charge >= 0.3 is 0 Å². The molecule has 2 heterocycles. The van der Waals surface area contributed by atoms with Crippen molar-refractivity contribution in [3.63, 3.8) is 0 Å². The fraction of sp³-hybridized carbons (Fsp3) is 0.0526. The highest BCUT2D eigenvalue weighted by Gasteiger charge is 2.11. The second-order valence-electron chi connectivity index (χ2n) is 6.10. The van der Waals surface area contributed by atoms with Crippen molar-refractivity contribution in [2.75, 3.05) is 5.32 Å². The maximum atomic E-state index is 12.2. The van der Waals surface area contributed by atoms with Crippen molar-refractivity contribution in [3.05, 3.63) is 76.1 Å². The lowest BCUT2D eigenvalue weighted by atomic mass is 10.2. The number of carbonyl (C=O) groups excluding carboxylic acids is 1. The Labute approximate surface area is 168 Å². The zero-order chi connectivity index (χ0) is 20.4. The van der Waals surface area contributed by atoms with Crippen LogP contribution in [0.15, 0.2) is 54.6 Å². The molecule has 0 aliphatic rings. The number of nitro groups is 1. The van der Waals surface area contributed by atoms with E-state index in [-0.39, 0.29) is 11.6 Å². The number of nitrogens with zero attached hydrogens (tertiary/aromatic N) is 5. The van der Waals surface area contributed by atoms with Crippen LogP contribution in [-0.2, 0) is 4.79 Å². The summed E-state index contributed by atoms with van der Waals surface area (Å²) < 4.78 is 1.67. The summed E-state index contributed by atoms with van der Waals surface area (Å²) in [5.74, 6) is 0.362. The SMILES string of the molecule is Cc1nnc2sc(-c3cccc(NC(=O)C=Cc4cccc([N+](=O)[O-])c4)c3)nn12. The third-order valence-electron chi connectivity index (χ3n) is 4.03. The maximum Gasteiger partial charge on any atom is 0.270 e. The maximum absolute atomic E-state index is 12.2. The number of hydrogen-bond donors (Lipinski definition) is 1. The fourth-order valence-electron chi connectivity index (χ4n) is 2.66. The van der Waals surface area contributed by atoms with Gasteiger partial charge in [0, 0.05) is 29.5 Å². The predicted octanol–water partition coefficient (Wildman–Crippen LogP) is 3.72. The Bertz CT molecular complexity index is 1260. The summed E-state index contributed by atoms with van der Waals surface area (Å²) in [6.45, 7) is 1.83. The summed E-state index contributed by atoms with van der Waals surface area (Å²) in [6.07, 6.45) is 2.86. The monoisotopic (exact) mass is 406 g/mol. The first-order valence-corrected chi connectivity index (χ1v) is 9.34. The molecule has 4 rings (SSSR count). The van der Waals surface area contributed by atoms with Gasteiger partial charge in [0.1, 0.15) is 5.01 Å². The lowest BCUT2D eigenvalue weighted by molar-refractivity contribution is -0.384. The van der Waals surface area contributed by atoms with E-state index in [1.807, 2.05) is 25.1 Å². The zero-order valence-electron chi connectivity index (χ0n) is 15.1. The molecule has 0 radical (unpaired) electrons. The molecule has 0 unspecified atom stereocenters. The number of benzene rings is 2. The van der Waals surface area contributed by atoms with E-state index >= 15 is 0 Å². The van der Waals surface area contributed by atoms with Crippen LogP contribution in [-0.4, -0.2) is 30.6 Å². The van der Waals surface area contributed by atoms with Gasteiger partial charge in [-0.1, -0.05) is 35.6 Å². The number of nitrogens with one attached hydrogen (secondary N) is 1. The summed E-state index contributed by atoms with van der Waals surface area (Å²) in [5.41, 5.74) is 2.00. The van der Waals surface area contributed by atoms with Gasteiger partial charge in [-0.2, -0.15) is 9.61 Å². The number of non-ortho nitro benzene ring substituents is 1. The molecule has 2 aromatic carbocycles. The third-order valence-corrected chi connectivity index (χ3v) is 4.98. The van der Waals surface area contributed by atoms with Gasteiger partial charge in [0.15, 0.2) is 5.82 Å². The Hall–Kier alpha value is -3.92. The van der Waals surface area contributed by atoms with Gasteiger partial charge in [0.05, 0.1) is 4.92 Å². The first kappa shape index (κ1) is 18.4. The van der Waals surface area contributed by atoms with Gasteiger partial charge < -0.3 is 5.32 Å². The summed E-state index contributed by atoms with van der Waals surface area (Å²) >= 11 is 1.41. The van der Waals surface area contributed by atoms with Crippen LogP contribution < -0.4 is 5.32 Å². The van der Waals surface area contributed by atoms with Gasteiger partial charge in [0.25, 0.3) is 5.69 Å². The van der Waals surface area contributed by atoms with Crippen LogP contribution in [0.2, 0.25) is 0 Å². The van der Waals surface area contributed by atoms with Crippen LogP contribution >= 0.6 is 11.3 Å². The minimum atomic E-state index is -0.476. The molecule has 0 aliphatic heterocycles. The molecule has 144 valence electrons. The first-order chi connectivity index (χ1) is 14.0. The first-order valence-electron chi connectivity index (χ1n) is 8.52. The normalized spacial score (nSPS) is 11.2. The molecule has 2 aromatic heterocycles. The molecular weight excluding hydrogens is 392 g/mol. The lowest BCUT2D eigenvalue weighted by Crippen LogP contribution is -2.07. The average molecular weight is 406 g/mol. The lowest BCUT2D eigenvalue weighted by Gasteiger charge is -2.04. The van der Waals surface area contributed by atoms with Crippen molar-refractivity contribution in [2.45, 2.75) is 6.92 Å². The number of nitro benzene ring substituents is 1. The molecule has 0 aliphatic carbocycles. The number of amides is 1. The zero-order valence-corrected chi connectivity index (χ0v) is 16.0. The van der Waals surface area contributed by atoms with E-state index in [2.05, 4.69) is 20.6 Å². The molecule has 0 atom stereocenters. The van der Waals surface area contributed by atoms with Gasteiger partial charge in [0.2, 0.25) is 10.9 Å². The highest BCUT2D eigenvalue weighted by Crippen LogP contribution is 2.27. The molecule has 0 spiro atoms. The van der Waals surface area contributed by atoms with E-state index in [4.69, 9.17) is 0 Å². The Morgan fingerprint density at radius 1 is 1.21 bits per heavy atom. The minimum Gasteiger partial charge on any atom is -0.322 e. The van der Waals surface area contributed by atoms with Crippen molar-refractivity contribution in [3.8, 4) is 10.6 Å². The molecule has 4 aromatic rings. The number of hydrogen-bond acceptors (Lipinski definition) is 7. The second-order valence-corrected chi connectivity index (χ2v) is 7.06. The van der Waals surface area contributed by atoms with Crippen molar-refractivity contribution in [1.29, 1.82) is 0 Å². The summed E-state index contributed by atoms with van der Waals surface area (Å²) in [4.78, 5) is 23.3. The topological polar surface area (TPSA) is 115 Å². The molecule has 1 amide bonds. The van der Waals surface area contributed by atoms with Gasteiger partial charge in [-0.15, -0.1) is 10.2 Å². The highest BCUT2D eigenvalue weighted by molar-refractivity contribution is 7.19. The van der Waals surface area contributed by atoms with E-state index < -0.39 is 4.92 Å². The smallest absolute Gasteiger partial charge is 0.270 e. The number of aryl methyl sites for hydroxylation is 1. The molecule has 9 nitrogen and oxygen atoms in total. The van der Waals surface area contributed by atoms with Crippen molar-refractivity contribution >= 4 is 39.7 Å².